The number of nitriles is 1. The summed E-state index contributed by atoms with van der Waals surface area (Å²) in [7, 11) is 0. The fraction of sp³-hybridized carbons (Fsp3) is 0.208. The Morgan fingerprint density at radius 2 is 1.68 bits per heavy atom. The van der Waals surface area contributed by atoms with Gasteiger partial charge in [-0.15, -0.1) is 23.1 Å². The number of thiophene rings is 1. The lowest BCUT2D eigenvalue weighted by molar-refractivity contribution is -0.115. The third-order valence-electron chi connectivity index (χ3n) is 4.36. The summed E-state index contributed by atoms with van der Waals surface area (Å²) in [5.41, 5.74) is 1.64. The molecule has 1 heterocycles. The predicted molar refractivity (Wildman–Crippen MR) is 124 cm³/mol. The molecule has 0 aliphatic heterocycles. The van der Waals surface area contributed by atoms with Crippen LogP contribution in [0, 0.1) is 18.3 Å². The van der Waals surface area contributed by atoms with E-state index in [1.165, 1.54) is 11.8 Å². The molecular weight excluding hydrogens is 428 g/mol. The van der Waals surface area contributed by atoms with Gasteiger partial charge in [0.15, 0.2) is 0 Å². The number of hydrogen-bond acceptors (Lipinski definition) is 6. The average Bonchev–Trinajstić information content (AvgIpc) is 3.07. The van der Waals surface area contributed by atoms with Gasteiger partial charge < -0.3 is 10.1 Å². The molecule has 0 aliphatic rings. The Morgan fingerprint density at radius 3 is 2.26 bits per heavy atom. The molecule has 7 heteroatoms. The van der Waals surface area contributed by atoms with Gasteiger partial charge in [-0.3, -0.25) is 4.79 Å². The van der Waals surface area contributed by atoms with Crippen LogP contribution < -0.4 is 5.32 Å². The molecule has 3 aromatic rings. The minimum Gasteiger partial charge on any atom is -0.459 e. The quantitative estimate of drug-likeness (QED) is 0.355. The van der Waals surface area contributed by atoms with Crippen molar-refractivity contribution in [1.82, 2.24) is 0 Å². The van der Waals surface area contributed by atoms with Gasteiger partial charge in [-0.2, -0.15) is 5.26 Å². The second-order valence-corrected chi connectivity index (χ2v) is 9.24. The first-order chi connectivity index (χ1) is 14.9. The van der Waals surface area contributed by atoms with Crippen LogP contribution in [0.25, 0.3) is 0 Å². The Hall–Kier alpha value is -3.08. The van der Waals surface area contributed by atoms with Crippen molar-refractivity contribution in [2.75, 3.05) is 5.32 Å². The number of benzene rings is 2. The van der Waals surface area contributed by atoms with Gasteiger partial charge in [-0.05, 0) is 44.0 Å². The van der Waals surface area contributed by atoms with Gasteiger partial charge in [0.25, 0.3) is 0 Å². The molecule has 31 heavy (non-hydrogen) atoms. The number of amides is 1. The number of nitrogens with one attached hydrogen (secondary N) is 1. The number of rotatable bonds is 7. The van der Waals surface area contributed by atoms with Crippen molar-refractivity contribution < 1.29 is 14.3 Å². The number of nitrogens with zero attached hydrogens (tertiary/aromatic N) is 1. The molecule has 2 aromatic carbocycles. The summed E-state index contributed by atoms with van der Waals surface area (Å²) < 4.78 is 5.28. The van der Waals surface area contributed by atoms with Gasteiger partial charge in [0, 0.05) is 4.90 Å². The molecule has 0 fully saturated rings. The molecule has 5 nitrogen and oxygen atoms in total. The molecule has 158 valence electrons. The fourth-order valence-electron chi connectivity index (χ4n) is 2.91. The Balaban J connectivity index is 1.91. The van der Waals surface area contributed by atoms with E-state index in [1.54, 1.807) is 20.8 Å². The van der Waals surface area contributed by atoms with E-state index in [4.69, 9.17) is 4.74 Å². The number of thioether (sulfide) groups is 1. The highest BCUT2D eigenvalue weighted by Gasteiger charge is 2.27. The largest absolute Gasteiger partial charge is 0.459 e. The lowest BCUT2D eigenvalue weighted by Crippen LogP contribution is -2.19. The van der Waals surface area contributed by atoms with Crippen molar-refractivity contribution in [1.29, 1.82) is 5.26 Å². The Labute approximate surface area is 190 Å². The van der Waals surface area contributed by atoms with Crippen LogP contribution in [0.4, 0.5) is 5.00 Å². The molecular formula is C24H22N2O3S2. The third kappa shape index (κ3) is 5.54. The summed E-state index contributed by atoms with van der Waals surface area (Å²) in [4.78, 5) is 27.0. The molecule has 0 unspecified atom stereocenters. The van der Waals surface area contributed by atoms with Crippen molar-refractivity contribution in [2.24, 2.45) is 0 Å². The fourth-order valence-corrected chi connectivity index (χ4v) is 5.00. The molecule has 3 rings (SSSR count). The average molecular weight is 451 g/mol. The maximum atomic E-state index is 13.3. The highest BCUT2D eigenvalue weighted by atomic mass is 32.2. The van der Waals surface area contributed by atoms with E-state index >= 15 is 0 Å². The zero-order valence-corrected chi connectivity index (χ0v) is 19.0. The van der Waals surface area contributed by atoms with Crippen LogP contribution in [0.15, 0.2) is 65.6 Å². The van der Waals surface area contributed by atoms with Crippen molar-refractivity contribution in [3.63, 3.8) is 0 Å². The molecule has 1 amide bonds. The summed E-state index contributed by atoms with van der Waals surface area (Å²) in [5.74, 6) is -0.755. The molecule has 0 spiro atoms. The summed E-state index contributed by atoms with van der Waals surface area (Å²) in [6.07, 6.45) is -0.276. The SMILES string of the molecule is Cc1c(C(=O)OC(C)C)sc(NC(=O)[C@@H](Sc2ccccc2)c2ccccc2)c1C#N. The smallest absolute Gasteiger partial charge is 0.348 e. The number of ether oxygens (including phenoxy) is 1. The van der Waals surface area contributed by atoms with Gasteiger partial charge in [0.2, 0.25) is 5.91 Å². The van der Waals surface area contributed by atoms with E-state index in [0.717, 1.165) is 21.8 Å². The van der Waals surface area contributed by atoms with Crippen LogP contribution in [0.3, 0.4) is 0 Å². The maximum Gasteiger partial charge on any atom is 0.348 e. The lowest BCUT2D eigenvalue weighted by atomic mass is 10.1. The molecule has 0 aliphatic carbocycles. The molecule has 1 atom stereocenters. The first-order valence-corrected chi connectivity index (χ1v) is 11.4. The van der Waals surface area contributed by atoms with Crippen molar-refractivity contribution in [2.45, 2.75) is 37.0 Å². The predicted octanol–water partition coefficient (Wildman–Crippen LogP) is 5.97. The van der Waals surface area contributed by atoms with E-state index < -0.39 is 11.2 Å². The van der Waals surface area contributed by atoms with E-state index in [1.807, 2.05) is 60.7 Å². The van der Waals surface area contributed by atoms with Gasteiger partial charge in [-0.1, -0.05) is 48.5 Å². The zero-order valence-electron chi connectivity index (χ0n) is 17.4. The number of carbonyl (C=O) groups is 2. The summed E-state index contributed by atoms with van der Waals surface area (Å²) in [5, 5.41) is 12.3. The first-order valence-electron chi connectivity index (χ1n) is 9.72. The molecule has 1 aromatic heterocycles. The first kappa shape index (κ1) is 22.6. The minimum absolute atomic E-state index is 0.262. The second-order valence-electron chi connectivity index (χ2n) is 7.04. The monoisotopic (exact) mass is 450 g/mol. The summed E-state index contributed by atoms with van der Waals surface area (Å²) >= 11 is 2.50. The minimum atomic E-state index is -0.524. The summed E-state index contributed by atoms with van der Waals surface area (Å²) in [6.45, 7) is 5.22. The number of carbonyl (C=O) groups excluding carboxylic acids is 2. The van der Waals surface area contributed by atoms with E-state index in [0.29, 0.717) is 15.4 Å². The van der Waals surface area contributed by atoms with Crippen LogP contribution >= 0.6 is 23.1 Å². The van der Waals surface area contributed by atoms with E-state index in [2.05, 4.69) is 11.4 Å². The Morgan fingerprint density at radius 1 is 1.06 bits per heavy atom. The van der Waals surface area contributed by atoms with Gasteiger partial charge in [-0.25, -0.2) is 4.79 Å². The molecule has 0 saturated heterocycles. The van der Waals surface area contributed by atoms with E-state index in [9.17, 15) is 14.9 Å². The Bertz CT molecular complexity index is 1100. The van der Waals surface area contributed by atoms with Gasteiger partial charge in [0.05, 0.1) is 11.7 Å². The van der Waals surface area contributed by atoms with Crippen LogP contribution in [-0.2, 0) is 9.53 Å². The lowest BCUT2D eigenvalue weighted by Gasteiger charge is -2.16. The van der Waals surface area contributed by atoms with Crippen LogP contribution in [-0.4, -0.2) is 18.0 Å². The van der Waals surface area contributed by atoms with Crippen LogP contribution in [0.2, 0.25) is 0 Å². The highest BCUT2D eigenvalue weighted by Crippen LogP contribution is 2.38. The Kier molecular flexibility index (Phi) is 7.50. The number of anilines is 1. The van der Waals surface area contributed by atoms with E-state index in [-0.39, 0.29) is 17.6 Å². The number of hydrogen-bond donors (Lipinski definition) is 1. The van der Waals surface area contributed by atoms with Gasteiger partial charge in [0.1, 0.15) is 21.2 Å². The molecule has 0 saturated carbocycles. The standard InChI is InChI=1S/C24H22N2O3S2/c1-15(2)29-24(28)20-16(3)19(14-25)23(31-20)26-22(27)21(17-10-6-4-7-11-17)30-18-12-8-5-9-13-18/h4-13,15,21H,1-3H3,(H,26,27)/t21-/m0/s1. The van der Waals surface area contributed by atoms with Crippen molar-refractivity contribution in [3.05, 3.63) is 82.2 Å². The topological polar surface area (TPSA) is 79.2 Å². The number of esters is 1. The third-order valence-corrected chi connectivity index (χ3v) is 6.81. The van der Waals surface area contributed by atoms with Crippen LogP contribution in [0.1, 0.15) is 45.5 Å². The summed E-state index contributed by atoms with van der Waals surface area (Å²) in [6, 6.07) is 21.2. The maximum absolute atomic E-state index is 13.3. The normalized spacial score (nSPS) is 11.6. The van der Waals surface area contributed by atoms with Crippen LogP contribution in [0.5, 0.6) is 0 Å². The molecule has 1 N–H and O–H groups in total. The van der Waals surface area contributed by atoms with Crippen molar-refractivity contribution in [3.8, 4) is 6.07 Å². The second kappa shape index (κ2) is 10.3. The highest BCUT2D eigenvalue weighted by molar-refractivity contribution is 8.00. The zero-order chi connectivity index (χ0) is 22.4. The van der Waals surface area contributed by atoms with Crippen molar-refractivity contribution >= 4 is 40.0 Å². The molecule has 0 radical (unpaired) electrons. The van der Waals surface area contributed by atoms with Gasteiger partial charge >= 0.3 is 5.97 Å². The molecule has 0 bridgehead atoms.